The predicted molar refractivity (Wildman–Crippen MR) is 169 cm³/mol. The second kappa shape index (κ2) is 10.4. The molecule has 0 spiro atoms. The molecule has 2 aliphatic rings. The number of nitrogens with zero attached hydrogens (tertiary/aromatic N) is 2. The molecular formula is C38H26N2O2. The van der Waals surface area contributed by atoms with Gasteiger partial charge in [-0.15, -0.1) is 0 Å². The van der Waals surface area contributed by atoms with Crippen LogP contribution in [-0.2, 0) is 17.6 Å². The Morgan fingerprint density at radius 3 is 1.69 bits per heavy atom. The molecule has 0 unspecified atom stereocenters. The van der Waals surface area contributed by atoms with Gasteiger partial charge in [-0.3, -0.25) is 4.79 Å². The highest BCUT2D eigenvalue weighted by molar-refractivity contribution is 5.89. The lowest BCUT2D eigenvalue weighted by Crippen LogP contribution is -2.10. The second-order valence-electron chi connectivity index (χ2n) is 10.6. The van der Waals surface area contributed by atoms with Gasteiger partial charge in [0.05, 0.1) is 6.57 Å². The van der Waals surface area contributed by atoms with E-state index in [9.17, 15) is 4.79 Å². The van der Waals surface area contributed by atoms with Crippen molar-refractivity contribution in [3.63, 3.8) is 0 Å². The number of hydrogen-bond acceptors (Lipinski definition) is 2. The number of benzene rings is 5. The zero-order valence-electron chi connectivity index (χ0n) is 22.8. The molecule has 0 bridgehead atoms. The van der Waals surface area contributed by atoms with Gasteiger partial charge in [0.25, 0.3) is 5.70 Å². The summed E-state index contributed by atoms with van der Waals surface area (Å²) < 4.78 is 0. The predicted octanol–water partition coefficient (Wildman–Crippen LogP) is 9.20. The van der Waals surface area contributed by atoms with E-state index in [1.807, 2.05) is 18.2 Å². The zero-order valence-corrected chi connectivity index (χ0v) is 22.8. The van der Waals surface area contributed by atoms with Gasteiger partial charge in [0.2, 0.25) is 0 Å². The van der Waals surface area contributed by atoms with Crippen LogP contribution in [0, 0.1) is 6.57 Å². The molecule has 7 rings (SSSR count). The number of hydrogen-bond donors (Lipinski definition) is 1. The summed E-state index contributed by atoms with van der Waals surface area (Å²) in [5, 5.41) is 9.08. The van der Waals surface area contributed by atoms with Crippen LogP contribution in [0.15, 0.2) is 127 Å². The van der Waals surface area contributed by atoms with Crippen molar-refractivity contribution < 1.29 is 9.90 Å². The normalized spacial score (nSPS) is 12.8. The van der Waals surface area contributed by atoms with Crippen molar-refractivity contribution >= 4 is 29.1 Å². The second-order valence-corrected chi connectivity index (χ2v) is 10.6. The third kappa shape index (κ3) is 4.48. The number of allylic oxidation sites excluding steroid dienone is 2. The molecule has 5 aromatic rings. The number of rotatable bonds is 6. The van der Waals surface area contributed by atoms with Crippen molar-refractivity contribution in [2.24, 2.45) is 0 Å². The summed E-state index contributed by atoms with van der Waals surface area (Å²) in [7, 11) is 0. The van der Waals surface area contributed by atoms with Gasteiger partial charge in [-0.25, -0.2) is 4.85 Å². The smallest absolute Gasteiger partial charge is 0.333 e. The minimum Gasteiger partial charge on any atom is -0.486 e. The molecule has 0 atom stereocenters. The lowest BCUT2D eigenvalue weighted by molar-refractivity contribution is -0.132. The third-order valence-corrected chi connectivity index (χ3v) is 8.10. The first-order valence-corrected chi connectivity index (χ1v) is 13.9. The molecule has 0 radical (unpaired) electrons. The molecule has 0 heterocycles. The summed E-state index contributed by atoms with van der Waals surface area (Å²) in [5.41, 5.74) is 14.4. The maximum absolute atomic E-state index is 11.1. The SMILES string of the molecule is [C-]#[N+]C(=C/C=C/c1ccc(N(c2ccc3c(c2)Cc2ccccc2-3)c2ccc3c(c2)Cc2ccccc2-3)cc1)C(=O)O. The standard InChI is InChI=1S/C38H26N2O2/c1-39-37(38(41)42)12-6-7-25-13-15-30(16-14-25)40(31-17-19-35-28(23-31)21-26-8-2-4-10-33(26)35)32-18-20-36-29(24-32)22-27-9-3-5-11-34(27)36/h2-20,23-24H,21-22H2,(H,41,42)/b7-6+,37-12?. The highest BCUT2D eigenvalue weighted by Crippen LogP contribution is 2.44. The monoisotopic (exact) mass is 542 g/mol. The van der Waals surface area contributed by atoms with E-state index in [-0.39, 0.29) is 5.70 Å². The van der Waals surface area contributed by atoms with E-state index in [0.29, 0.717) is 0 Å². The molecule has 0 saturated carbocycles. The van der Waals surface area contributed by atoms with Gasteiger partial charge >= 0.3 is 5.97 Å². The van der Waals surface area contributed by atoms with Gasteiger partial charge in [-0.2, -0.15) is 0 Å². The van der Waals surface area contributed by atoms with Gasteiger partial charge in [0.1, 0.15) is 0 Å². The van der Waals surface area contributed by atoms with Crippen molar-refractivity contribution in [1.82, 2.24) is 0 Å². The minimum absolute atomic E-state index is 0.313. The fraction of sp³-hybridized carbons (Fsp3) is 0.0526. The molecular weight excluding hydrogens is 516 g/mol. The van der Waals surface area contributed by atoms with E-state index in [4.69, 9.17) is 11.7 Å². The summed E-state index contributed by atoms with van der Waals surface area (Å²) in [4.78, 5) is 16.5. The van der Waals surface area contributed by atoms with Crippen LogP contribution in [0.25, 0.3) is 33.2 Å². The van der Waals surface area contributed by atoms with Gasteiger partial charge in [-0.1, -0.05) is 84.9 Å². The van der Waals surface area contributed by atoms with Crippen LogP contribution >= 0.6 is 0 Å². The number of fused-ring (bicyclic) bond motifs is 6. The van der Waals surface area contributed by atoms with Crippen molar-refractivity contribution in [3.05, 3.63) is 166 Å². The summed E-state index contributed by atoms with van der Waals surface area (Å²) >= 11 is 0. The molecule has 0 saturated heterocycles. The molecule has 0 aliphatic heterocycles. The Bertz CT molecular complexity index is 1880. The van der Waals surface area contributed by atoms with Gasteiger partial charge in [0.15, 0.2) is 0 Å². The van der Waals surface area contributed by atoms with E-state index in [1.165, 1.54) is 50.6 Å². The molecule has 2 aliphatic carbocycles. The van der Waals surface area contributed by atoms with Crippen LogP contribution in [-0.4, -0.2) is 11.1 Å². The van der Waals surface area contributed by atoms with Crippen LogP contribution in [0.5, 0.6) is 0 Å². The largest absolute Gasteiger partial charge is 0.486 e. The Balaban J connectivity index is 1.28. The number of aliphatic carboxylic acids is 1. The Morgan fingerprint density at radius 1 is 0.667 bits per heavy atom. The molecule has 5 aromatic carbocycles. The molecule has 0 aromatic heterocycles. The Morgan fingerprint density at radius 2 is 1.17 bits per heavy atom. The zero-order chi connectivity index (χ0) is 28.6. The van der Waals surface area contributed by atoms with Crippen LogP contribution in [0.2, 0.25) is 0 Å². The summed E-state index contributed by atoms with van der Waals surface area (Å²) in [6.45, 7) is 7.02. The highest BCUT2D eigenvalue weighted by Gasteiger charge is 2.23. The Labute approximate surface area is 245 Å². The van der Waals surface area contributed by atoms with Gasteiger partial charge in [0, 0.05) is 17.1 Å². The van der Waals surface area contributed by atoms with Crippen LogP contribution in [0.4, 0.5) is 17.1 Å². The summed E-state index contributed by atoms with van der Waals surface area (Å²) in [6.07, 6.45) is 6.58. The quantitative estimate of drug-likeness (QED) is 0.129. The van der Waals surface area contributed by atoms with E-state index >= 15 is 0 Å². The van der Waals surface area contributed by atoms with E-state index in [2.05, 4.69) is 107 Å². The fourth-order valence-corrected chi connectivity index (χ4v) is 6.13. The van der Waals surface area contributed by atoms with Crippen molar-refractivity contribution in [1.29, 1.82) is 0 Å². The maximum atomic E-state index is 11.1. The molecule has 200 valence electrons. The first-order chi connectivity index (χ1) is 20.6. The summed E-state index contributed by atoms with van der Waals surface area (Å²) in [5.74, 6) is -1.23. The fourth-order valence-electron chi connectivity index (χ4n) is 6.13. The molecule has 0 fully saturated rings. The highest BCUT2D eigenvalue weighted by atomic mass is 16.4. The minimum atomic E-state index is -1.23. The number of carbonyl (C=O) groups is 1. The summed E-state index contributed by atoms with van der Waals surface area (Å²) in [6, 6.07) is 39.0. The van der Waals surface area contributed by atoms with Crippen molar-refractivity contribution in [3.8, 4) is 22.3 Å². The average molecular weight is 543 g/mol. The van der Waals surface area contributed by atoms with E-state index < -0.39 is 5.97 Å². The first kappa shape index (κ1) is 25.3. The van der Waals surface area contributed by atoms with E-state index in [0.717, 1.165) is 35.5 Å². The Hall–Kier alpha value is -5.66. The lowest BCUT2D eigenvalue weighted by Gasteiger charge is -2.27. The first-order valence-electron chi connectivity index (χ1n) is 13.9. The van der Waals surface area contributed by atoms with Crippen molar-refractivity contribution in [2.75, 3.05) is 4.90 Å². The molecule has 42 heavy (non-hydrogen) atoms. The van der Waals surface area contributed by atoms with Crippen molar-refractivity contribution in [2.45, 2.75) is 12.8 Å². The Kier molecular flexibility index (Phi) is 6.26. The number of carboxylic acid groups (broad SMARTS) is 1. The molecule has 1 N–H and O–H groups in total. The lowest BCUT2D eigenvalue weighted by atomic mass is 10.0. The van der Waals surface area contributed by atoms with Gasteiger partial charge in [-0.05, 0) is 105 Å². The van der Waals surface area contributed by atoms with Gasteiger partial charge < -0.3 is 10.0 Å². The van der Waals surface area contributed by atoms with Crippen LogP contribution < -0.4 is 4.90 Å². The van der Waals surface area contributed by atoms with E-state index in [1.54, 1.807) is 6.08 Å². The maximum Gasteiger partial charge on any atom is 0.333 e. The topological polar surface area (TPSA) is 44.9 Å². The van der Waals surface area contributed by atoms with Crippen LogP contribution in [0.1, 0.15) is 27.8 Å². The number of anilines is 3. The number of carboxylic acids is 1. The average Bonchev–Trinajstić information content (AvgIpc) is 3.57. The molecule has 4 heteroatoms. The van der Waals surface area contributed by atoms with Crippen LogP contribution in [0.3, 0.4) is 0 Å². The molecule has 0 amide bonds. The third-order valence-electron chi connectivity index (χ3n) is 8.10. The molecule has 4 nitrogen and oxygen atoms in total.